The van der Waals surface area contributed by atoms with Crippen molar-refractivity contribution in [3.63, 3.8) is 0 Å². The van der Waals surface area contributed by atoms with E-state index in [0.29, 0.717) is 16.9 Å². The number of hydrogen-bond acceptors (Lipinski definition) is 4. The highest BCUT2D eigenvalue weighted by Gasteiger charge is 2.39. The number of ketones is 1. The maximum Gasteiger partial charge on any atom is 0.199 e. The summed E-state index contributed by atoms with van der Waals surface area (Å²) in [6.45, 7) is 0. The zero-order chi connectivity index (χ0) is 15.1. The Kier molecular flexibility index (Phi) is 2.98. The van der Waals surface area contributed by atoms with Crippen molar-refractivity contribution in [2.24, 2.45) is 0 Å². The van der Waals surface area contributed by atoms with E-state index in [2.05, 4.69) is 0 Å². The Labute approximate surface area is 127 Å². The zero-order valence-electron chi connectivity index (χ0n) is 12.0. The highest BCUT2D eigenvalue weighted by atomic mass is 16.5. The van der Waals surface area contributed by atoms with Gasteiger partial charge in [-0.25, -0.2) is 0 Å². The average Bonchev–Trinajstić information content (AvgIpc) is 3.04. The third-order valence-electron chi connectivity index (χ3n) is 4.01. The first-order valence-corrected chi connectivity index (χ1v) is 7.08. The largest absolute Gasteiger partial charge is 0.481 e. The molecule has 0 radical (unpaired) electrons. The van der Waals surface area contributed by atoms with E-state index >= 15 is 0 Å². The van der Waals surface area contributed by atoms with Crippen molar-refractivity contribution < 1.29 is 18.7 Å². The van der Waals surface area contributed by atoms with Gasteiger partial charge in [-0.3, -0.25) is 4.79 Å². The zero-order valence-corrected chi connectivity index (χ0v) is 12.0. The predicted octanol–water partition coefficient (Wildman–Crippen LogP) is 3.76. The summed E-state index contributed by atoms with van der Waals surface area (Å²) in [5.74, 6) is 0.499. The van der Waals surface area contributed by atoms with E-state index in [4.69, 9.17) is 13.9 Å². The monoisotopic (exact) mass is 294 g/mol. The van der Waals surface area contributed by atoms with Gasteiger partial charge in [0.2, 0.25) is 0 Å². The molecule has 2 heterocycles. The molecule has 1 aliphatic heterocycles. The summed E-state index contributed by atoms with van der Waals surface area (Å²) in [4.78, 5) is 12.8. The quantitative estimate of drug-likeness (QED) is 0.722. The van der Waals surface area contributed by atoms with Gasteiger partial charge in [0, 0.05) is 7.11 Å². The van der Waals surface area contributed by atoms with Gasteiger partial charge >= 0.3 is 0 Å². The topological polar surface area (TPSA) is 48.7 Å². The normalized spacial score (nSPS) is 20.7. The molecular formula is C18H14O4. The third-order valence-corrected chi connectivity index (χ3v) is 4.01. The van der Waals surface area contributed by atoms with Gasteiger partial charge in [-0.2, -0.15) is 0 Å². The van der Waals surface area contributed by atoms with Crippen LogP contribution in [-0.4, -0.2) is 19.0 Å². The molecule has 3 aromatic rings. The summed E-state index contributed by atoms with van der Waals surface area (Å²) in [5.41, 5.74) is 2.15. The molecule has 0 aliphatic carbocycles. The molecule has 1 aromatic heterocycles. The Morgan fingerprint density at radius 2 is 1.86 bits per heavy atom. The van der Waals surface area contributed by atoms with Crippen molar-refractivity contribution in [3.05, 3.63) is 65.9 Å². The molecule has 2 atom stereocenters. The molecule has 0 N–H and O–H groups in total. The first kappa shape index (κ1) is 13.1. The van der Waals surface area contributed by atoms with Gasteiger partial charge in [0.15, 0.2) is 18.0 Å². The number of carbonyl (C=O) groups is 1. The number of ether oxygens (including phenoxy) is 2. The Morgan fingerprint density at radius 1 is 1.05 bits per heavy atom. The number of benzene rings is 2. The number of fused-ring (bicyclic) bond motifs is 3. The fraction of sp³-hybridized carbons (Fsp3) is 0.167. The van der Waals surface area contributed by atoms with Gasteiger partial charge in [-0.15, -0.1) is 0 Å². The first-order chi connectivity index (χ1) is 10.8. The van der Waals surface area contributed by atoms with Gasteiger partial charge in [-0.05, 0) is 23.8 Å². The summed E-state index contributed by atoms with van der Waals surface area (Å²) in [6.07, 6.45) is 0.476. The van der Waals surface area contributed by atoms with Crippen LogP contribution < -0.4 is 4.74 Å². The van der Waals surface area contributed by atoms with Crippen LogP contribution in [0, 0.1) is 0 Å². The summed E-state index contributed by atoms with van der Waals surface area (Å²) in [5, 5.41) is 0.807. The molecule has 1 aliphatic rings. The van der Waals surface area contributed by atoms with E-state index < -0.39 is 12.2 Å². The summed E-state index contributed by atoms with van der Waals surface area (Å²) < 4.78 is 17.0. The first-order valence-electron chi connectivity index (χ1n) is 7.08. The summed E-state index contributed by atoms with van der Waals surface area (Å²) >= 11 is 0. The molecule has 0 saturated heterocycles. The van der Waals surface area contributed by atoms with Crippen molar-refractivity contribution in [1.29, 1.82) is 0 Å². The molecule has 22 heavy (non-hydrogen) atoms. The molecule has 4 rings (SSSR count). The molecule has 0 bridgehead atoms. The van der Waals surface area contributed by atoms with E-state index in [1.54, 1.807) is 18.4 Å². The molecule has 0 unspecified atom stereocenters. The average molecular weight is 294 g/mol. The van der Waals surface area contributed by atoms with Crippen molar-refractivity contribution in [2.75, 3.05) is 7.11 Å². The van der Waals surface area contributed by atoms with Crippen LogP contribution in [0.1, 0.15) is 22.0 Å². The minimum Gasteiger partial charge on any atom is -0.481 e. The maximum absolute atomic E-state index is 12.8. The van der Waals surface area contributed by atoms with E-state index in [1.165, 1.54) is 7.11 Å². The van der Waals surface area contributed by atoms with Crippen LogP contribution in [0.3, 0.4) is 0 Å². The van der Waals surface area contributed by atoms with Gasteiger partial charge in [0.25, 0.3) is 0 Å². The number of rotatable bonds is 2. The van der Waals surface area contributed by atoms with Gasteiger partial charge in [0.05, 0.1) is 17.2 Å². The van der Waals surface area contributed by atoms with Crippen LogP contribution in [-0.2, 0) is 4.74 Å². The SMILES string of the molecule is CO[C@@H]1C(=O)c2ccc3occc3c2O[C@H]1c1ccccc1. The maximum atomic E-state index is 12.8. The molecule has 0 amide bonds. The minimum absolute atomic E-state index is 0.0688. The molecule has 0 saturated carbocycles. The van der Waals surface area contributed by atoms with Crippen molar-refractivity contribution >= 4 is 16.8 Å². The van der Waals surface area contributed by atoms with E-state index in [9.17, 15) is 4.79 Å². The Morgan fingerprint density at radius 3 is 2.64 bits per heavy atom. The fourth-order valence-electron chi connectivity index (χ4n) is 2.93. The van der Waals surface area contributed by atoms with Gasteiger partial charge in [0.1, 0.15) is 11.3 Å². The molecule has 2 aromatic carbocycles. The van der Waals surface area contributed by atoms with Crippen molar-refractivity contribution in [1.82, 2.24) is 0 Å². The van der Waals surface area contributed by atoms with Crippen molar-refractivity contribution in [2.45, 2.75) is 12.2 Å². The number of methoxy groups -OCH3 is 1. The Bertz CT molecular complexity index is 835. The second-order valence-corrected chi connectivity index (χ2v) is 5.24. The van der Waals surface area contributed by atoms with Crippen LogP contribution in [0.5, 0.6) is 5.75 Å². The smallest absolute Gasteiger partial charge is 0.199 e. The predicted molar refractivity (Wildman–Crippen MR) is 81.2 cm³/mol. The lowest BCUT2D eigenvalue weighted by atomic mass is 9.92. The molecular weight excluding hydrogens is 280 g/mol. The van der Waals surface area contributed by atoms with E-state index in [1.807, 2.05) is 36.4 Å². The van der Waals surface area contributed by atoms with Crippen LogP contribution in [0.2, 0.25) is 0 Å². The molecule has 0 spiro atoms. The van der Waals surface area contributed by atoms with E-state index in [0.717, 1.165) is 10.9 Å². The molecule has 110 valence electrons. The van der Waals surface area contributed by atoms with Gasteiger partial charge in [-0.1, -0.05) is 30.3 Å². The lowest BCUT2D eigenvalue weighted by Crippen LogP contribution is -2.37. The lowest BCUT2D eigenvalue weighted by Gasteiger charge is -2.32. The standard InChI is InChI=1S/C18H14O4/c1-20-18-15(19)13-7-8-14-12(9-10-21-14)17(13)22-16(18)11-5-3-2-4-6-11/h2-10,16,18H,1H3/t16-,18+/m0/s1. The molecule has 4 nitrogen and oxygen atoms in total. The third kappa shape index (κ3) is 1.84. The van der Waals surface area contributed by atoms with Crippen molar-refractivity contribution in [3.8, 4) is 5.75 Å². The summed E-state index contributed by atoms with van der Waals surface area (Å²) in [7, 11) is 1.53. The number of carbonyl (C=O) groups excluding carboxylic acids is 1. The lowest BCUT2D eigenvalue weighted by molar-refractivity contribution is 0.0000676. The van der Waals surface area contributed by atoms with Crippen LogP contribution in [0.15, 0.2) is 59.2 Å². The number of Topliss-reactive ketones (excluding diaryl/α,β-unsaturated/α-hetero) is 1. The molecule has 0 fully saturated rings. The molecule has 4 heteroatoms. The highest BCUT2D eigenvalue weighted by Crippen LogP contribution is 2.41. The Balaban J connectivity index is 1.89. The minimum atomic E-state index is -0.653. The fourth-order valence-corrected chi connectivity index (χ4v) is 2.93. The van der Waals surface area contributed by atoms with Crippen LogP contribution in [0.25, 0.3) is 11.0 Å². The second-order valence-electron chi connectivity index (χ2n) is 5.24. The Hall–Kier alpha value is -2.59. The number of hydrogen-bond donors (Lipinski definition) is 0. The second kappa shape index (κ2) is 5.00. The van der Waals surface area contributed by atoms with E-state index in [-0.39, 0.29) is 5.78 Å². The van der Waals surface area contributed by atoms with Gasteiger partial charge < -0.3 is 13.9 Å². The summed E-state index contributed by atoms with van der Waals surface area (Å²) in [6, 6.07) is 15.0. The number of furan rings is 1. The highest BCUT2D eigenvalue weighted by molar-refractivity contribution is 6.07. The van der Waals surface area contributed by atoms with Crippen LogP contribution >= 0.6 is 0 Å². The van der Waals surface area contributed by atoms with Crippen LogP contribution in [0.4, 0.5) is 0 Å².